The minimum Gasteiger partial charge on any atom is -0.333 e. The summed E-state index contributed by atoms with van der Waals surface area (Å²) in [6.45, 7) is 5.28. The Morgan fingerprint density at radius 2 is 2.14 bits per heavy atom. The Labute approximate surface area is 135 Å². The first-order valence-corrected chi connectivity index (χ1v) is 7.82. The Morgan fingerprint density at radius 1 is 1.32 bits per heavy atom. The summed E-state index contributed by atoms with van der Waals surface area (Å²) in [6, 6.07) is 7.54. The normalized spacial score (nSPS) is 14.1. The molecular formula is C17H18ClN3O. The second-order valence-electron chi connectivity index (χ2n) is 5.81. The molecule has 0 bridgehead atoms. The van der Waals surface area contributed by atoms with Crippen LogP contribution in [0.4, 0.5) is 0 Å². The maximum Gasteiger partial charge on any atom is 0.272 e. The third kappa shape index (κ3) is 2.83. The molecule has 0 aliphatic carbocycles. The first kappa shape index (κ1) is 15.0. The molecule has 0 atom stereocenters. The van der Waals surface area contributed by atoms with Crippen molar-refractivity contribution in [1.29, 1.82) is 0 Å². The second kappa shape index (κ2) is 6.05. The van der Waals surface area contributed by atoms with Crippen molar-refractivity contribution >= 4 is 17.5 Å². The van der Waals surface area contributed by atoms with Gasteiger partial charge in [0, 0.05) is 30.2 Å². The molecule has 5 heteroatoms. The van der Waals surface area contributed by atoms with Crippen molar-refractivity contribution in [3.05, 3.63) is 58.1 Å². The van der Waals surface area contributed by atoms with Crippen LogP contribution < -0.4 is 0 Å². The fourth-order valence-electron chi connectivity index (χ4n) is 2.67. The molecule has 4 nitrogen and oxygen atoms in total. The average molecular weight is 316 g/mol. The Bertz CT molecular complexity index is 715. The lowest BCUT2D eigenvalue weighted by molar-refractivity contribution is 0.0728. The molecule has 3 rings (SSSR count). The lowest BCUT2D eigenvalue weighted by atomic mass is 9.99. The fraction of sp³-hybridized carbons (Fsp3) is 0.353. The van der Waals surface area contributed by atoms with Crippen molar-refractivity contribution < 1.29 is 4.79 Å². The molecule has 114 valence electrons. The Kier molecular flexibility index (Phi) is 4.12. The maximum absolute atomic E-state index is 12.7. The van der Waals surface area contributed by atoms with Crippen LogP contribution in [0.1, 0.15) is 47.2 Å². The van der Waals surface area contributed by atoms with E-state index < -0.39 is 0 Å². The average Bonchev–Trinajstić information content (AvgIpc) is 2.54. The van der Waals surface area contributed by atoms with E-state index in [1.807, 2.05) is 36.9 Å². The minimum atomic E-state index is -0.0464. The summed E-state index contributed by atoms with van der Waals surface area (Å²) in [7, 11) is 0. The molecule has 0 spiro atoms. The quantitative estimate of drug-likeness (QED) is 0.852. The second-order valence-corrected chi connectivity index (χ2v) is 6.22. The van der Waals surface area contributed by atoms with Crippen LogP contribution >= 0.6 is 11.6 Å². The highest BCUT2D eigenvalue weighted by Gasteiger charge is 2.24. The molecular weight excluding hydrogens is 298 g/mol. The van der Waals surface area contributed by atoms with Gasteiger partial charge in [0.2, 0.25) is 0 Å². The van der Waals surface area contributed by atoms with E-state index in [1.54, 1.807) is 12.3 Å². The van der Waals surface area contributed by atoms with Gasteiger partial charge in [-0.3, -0.25) is 4.79 Å². The number of nitrogens with zero attached hydrogens (tertiary/aromatic N) is 3. The first-order valence-electron chi connectivity index (χ1n) is 7.44. The van der Waals surface area contributed by atoms with Crippen LogP contribution in [0, 0.1) is 0 Å². The van der Waals surface area contributed by atoms with Gasteiger partial charge in [-0.2, -0.15) is 0 Å². The topological polar surface area (TPSA) is 46.1 Å². The number of fused-ring (bicyclic) bond motifs is 1. The molecule has 0 fully saturated rings. The zero-order chi connectivity index (χ0) is 15.7. The van der Waals surface area contributed by atoms with E-state index in [2.05, 4.69) is 9.97 Å². The Hall–Kier alpha value is -1.94. The number of benzene rings is 1. The molecule has 2 heterocycles. The van der Waals surface area contributed by atoms with Crippen LogP contribution in [-0.2, 0) is 13.0 Å². The highest BCUT2D eigenvalue weighted by Crippen LogP contribution is 2.26. The maximum atomic E-state index is 12.7. The first-order chi connectivity index (χ1) is 10.6. The number of hydrogen-bond acceptors (Lipinski definition) is 3. The van der Waals surface area contributed by atoms with Crippen molar-refractivity contribution in [1.82, 2.24) is 14.9 Å². The SMILES string of the molecule is CC(C)c1nccc(C(=O)N2CCc3c(Cl)cccc3C2)n1. The fourth-order valence-corrected chi connectivity index (χ4v) is 2.96. The van der Waals surface area contributed by atoms with Crippen molar-refractivity contribution in [2.75, 3.05) is 6.54 Å². The van der Waals surface area contributed by atoms with E-state index in [0.717, 1.165) is 22.6 Å². The number of rotatable bonds is 2. The molecule has 0 N–H and O–H groups in total. The number of amides is 1. The number of carbonyl (C=O) groups excluding carboxylic acids is 1. The Morgan fingerprint density at radius 3 is 2.91 bits per heavy atom. The van der Waals surface area contributed by atoms with Gasteiger partial charge in [-0.25, -0.2) is 9.97 Å². The van der Waals surface area contributed by atoms with Crippen LogP contribution in [0.2, 0.25) is 5.02 Å². The molecule has 1 amide bonds. The molecule has 0 radical (unpaired) electrons. The minimum absolute atomic E-state index is 0.0464. The molecule has 2 aromatic rings. The van der Waals surface area contributed by atoms with Gasteiger partial charge in [0.1, 0.15) is 11.5 Å². The zero-order valence-electron chi connectivity index (χ0n) is 12.7. The van der Waals surface area contributed by atoms with Gasteiger partial charge in [-0.15, -0.1) is 0 Å². The lowest BCUT2D eigenvalue weighted by Gasteiger charge is -2.29. The van der Waals surface area contributed by atoms with E-state index in [-0.39, 0.29) is 11.8 Å². The van der Waals surface area contributed by atoms with Gasteiger partial charge in [-0.05, 0) is 29.7 Å². The monoisotopic (exact) mass is 315 g/mol. The number of halogens is 1. The highest BCUT2D eigenvalue weighted by molar-refractivity contribution is 6.31. The van der Waals surface area contributed by atoms with Crippen LogP contribution in [0.3, 0.4) is 0 Å². The van der Waals surface area contributed by atoms with Gasteiger partial charge in [0.15, 0.2) is 0 Å². The standard InChI is InChI=1S/C17H18ClN3O/c1-11(2)16-19-8-6-15(20-16)17(22)21-9-7-13-12(10-21)4-3-5-14(13)18/h3-6,8,11H,7,9-10H2,1-2H3. The summed E-state index contributed by atoms with van der Waals surface area (Å²) in [5.74, 6) is 0.856. The van der Waals surface area contributed by atoms with Crippen LogP contribution in [0.5, 0.6) is 0 Å². The van der Waals surface area contributed by atoms with Gasteiger partial charge >= 0.3 is 0 Å². The molecule has 1 aromatic carbocycles. The summed E-state index contributed by atoms with van der Waals surface area (Å²) < 4.78 is 0. The number of hydrogen-bond donors (Lipinski definition) is 0. The van der Waals surface area contributed by atoms with Crippen LogP contribution in [-0.4, -0.2) is 27.3 Å². The third-order valence-corrected chi connectivity index (χ3v) is 4.26. The molecule has 0 saturated heterocycles. The molecule has 1 aliphatic rings. The van der Waals surface area contributed by atoms with E-state index in [9.17, 15) is 4.79 Å². The number of carbonyl (C=O) groups is 1. The molecule has 22 heavy (non-hydrogen) atoms. The van der Waals surface area contributed by atoms with Gasteiger partial charge in [0.05, 0.1) is 0 Å². The van der Waals surface area contributed by atoms with Crippen LogP contribution in [0.25, 0.3) is 0 Å². The van der Waals surface area contributed by atoms with Crippen molar-refractivity contribution in [3.63, 3.8) is 0 Å². The molecule has 0 unspecified atom stereocenters. The summed E-state index contributed by atoms with van der Waals surface area (Å²) >= 11 is 6.22. The third-order valence-electron chi connectivity index (χ3n) is 3.91. The highest BCUT2D eigenvalue weighted by atomic mass is 35.5. The predicted octanol–water partition coefficient (Wildman–Crippen LogP) is 3.45. The van der Waals surface area contributed by atoms with Crippen molar-refractivity contribution in [2.24, 2.45) is 0 Å². The van der Waals surface area contributed by atoms with E-state index in [4.69, 9.17) is 11.6 Å². The molecule has 1 aromatic heterocycles. The summed E-state index contributed by atoms with van der Waals surface area (Å²) in [5.41, 5.74) is 2.73. The smallest absolute Gasteiger partial charge is 0.272 e. The van der Waals surface area contributed by atoms with Gasteiger partial charge in [-0.1, -0.05) is 37.6 Å². The molecule has 1 aliphatic heterocycles. The van der Waals surface area contributed by atoms with Crippen LogP contribution in [0.15, 0.2) is 30.5 Å². The van der Waals surface area contributed by atoms with Crippen molar-refractivity contribution in [2.45, 2.75) is 32.7 Å². The Balaban J connectivity index is 1.84. The summed E-state index contributed by atoms with van der Waals surface area (Å²) in [4.78, 5) is 23.1. The zero-order valence-corrected chi connectivity index (χ0v) is 13.5. The van der Waals surface area contributed by atoms with Crippen molar-refractivity contribution in [3.8, 4) is 0 Å². The summed E-state index contributed by atoms with van der Waals surface area (Å²) in [5, 5.41) is 0.786. The van der Waals surface area contributed by atoms with Gasteiger partial charge < -0.3 is 4.90 Å². The predicted molar refractivity (Wildman–Crippen MR) is 86.0 cm³/mol. The van der Waals surface area contributed by atoms with E-state index in [0.29, 0.717) is 24.6 Å². The number of aromatic nitrogens is 2. The summed E-state index contributed by atoms with van der Waals surface area (Å²) in [6.07, 6.45) is 2.44. The van der Waals surface area contributed by atoms with E-state index in [1.165, 1.54) is 0 Å². The van der Waals surface area contributed by atoms with E-state index >= 15 is 0 Å². The largest absolute Gasteiger partial charge is 0.333 e. The van der Waals surface area contributed by atoms with Gasteiger partial charge in [0.25, 0.3) is 5.91 Å². The lowest BCUT2D eigenvalue weighted by Crippen LogP contribution is -2.36. The molecule has 0 saturated carbocycles.